The molecule has 1 heterocycles. The number of aliphatic hydroxyl groups is 1. The molecule has 4 nitrogen and oxygen atoms in total. The maximum atomic E-state index is 10.2. The van der Waals surface area contributed by atoms with Gasteiger partial charge in [-0.3, -0.25) is 4.90 Å². The third kappa shape index (κ3) is 2.22. The van der Waals surface area contributed by atoms with E-state index >= 15 is 0 Å². The molecule has 0 radical (unpaired) electrons. The Bertz CT molecular complexity index is 472. The van der Waals surface area contributed by atoms with Gasteiger partial charge >= 0.3 is 0 Å². The SMILES string of the molecule is COc1ccc2c(c1)CCCC2(CO)N1CCNCC1. The number of fused-ring (bicyclic) bond motifs is 1. The largest absolute Gasteiger partial charge is 0.497 e. The van der Waals surface area contributed by atoms with E-state index in [0.717, 1.165) is 51.2 Å². The number of hydrogen-bond donors (Lipinski definition) is 2. The number of rotatable bonds is 3. The second-order valence-electron chi connectivity index (χ2n) is 5.80. The van der Waals surface area contributed by atoms with Crippen LogP contribution in [0.5, 0.6) is 5.75 Å². The first-order valence-electron chi connectivity index (χ1n) is 7.54. The summed E-state index contributed by atoms with van der Waals surface area (Å²) in [6.07, 6.45) is 3.26. The second kappa shape index (κ2) is 5.72. The number of piperazine rings is 1. The van der Waals surface area contributed by atoms with Crippen LogP contribution in [0.3, 0.4) is 0 Å². The Morgan fingerprint density at radius 3 is 2.85 bits per heavy atom. The molecule has 20 heavy (non-hydrogen) atoms. The summed E-state index contributed by atoms with van der Waals surface area (Å²) in [7, 11) is 1.71. The minimum atomic E-state index is -0.193. The van der Waals surface area contributed by atoms with Crippen molar-refractivity contribution >= 4 is 0 Å². The highest BCUT2D eigenvalue weighted by Crippen LogP contribution is 2.41. The fraction of sp³-hybridized carbons (Fsp3) is 0.625. The van der Waals surface area contributed by atoms with Crippen LogP contribution in [0.2, 0.25) is 0 Å². The predicted octanol–water partition coefficient (Wildman–Crippen LogP) is 1.12. The topological polar surface area (TPSA) is 44.7 Å². The maximum Gasteiger partial charge on any atom is 0.119 e. The van der Waals surface area contributed by atoms with E-state index in [9.17, 15) is 5.11 Å². The lowest BCUT2D eigenvalue weighted by Crippen LogP contribution is -2.57. The minimum absolute atomic E-state index is 0.193. The van der Waals surface area contributed by atoms with Crippen LogP contribution in [0.1, 0.15) is 24.0 Å². The van der Waals surface area contributed by atoms with Crippen molar-refractivity contribution in [1.82, 2.24) is 10.2 Å². The van der Waals surface area contributed by atoms with Crippen LogP contribution < -0.4 is 10.1 Å². The van der Waals surface area contributed by atoms with Gasteiger partial charge in [-0.15, -0.1) is 0 Å². The average molecular weight is 276 g/mol. The monoisotopic (exact) mass is 276 g/mol. The highest BCUT2D eigenvalue weighted by molar-refractivity contribution is 5.42. The van der Waals surface area contributed by atoms with Gasteiger partial charge in [0.2, 0.25) is 0 Å². The van der Waals surface area contributed by atoms with Gasteiger partial charge < -0.3 is 15.2 Å². The minimum Gasteiger partial charge on any atom is -0.497 e. The molecule has 1 aromatic rings. The van der Waals surface area contributed by atoms with Gasteiger partial charge in [-0.1, -0.05) is 6.07 Å². The van der Waals surface area contributed by atoms with E-state index in [1.807, 2.05) is 6.07 Å². The van der Waals surface area contributed by atoms with E-state index in [0.29, 0.717) is 0 Å². The first-order chi connectivity index (χ1) is 9.80. The molecule has 2 aliphatic rings. The van der Waals surface area contributed by atoms with E-state index in [1.54, 1.807) is 7.11 Å². The van der Waals surface area contributed by atoms with E-state index < -0.39 is 0 Å². The van der Waals surface area contributed by atoms with Gasteiger partial charge in [-0.05, 0) is 42.5 Å². The molecule has 1 aromatic carbocycles. The fourth-order valence-electron chi connectivity index (χ4n) is 3.75. The summed E-state index contributed by atoms with van der Waals surface area (Å²) < 4.78 is 5.34. The molecule has 4 heteroatoms. The standard InChI is InChI=1S/C16H24N2O2/c1-20-14-4-5-15-13(11-14)3-2-6-16(15,12-19)18-9-7-17-8-10-18/h4-5,11,17,19H,2-3,6-10,12H2,1H3. The van der Waals surface area contributed by atoms with Crippen molar-refractivity contribution in [2.75, 3.05) is 39.9 Å². The third-order valence-corrected chi connectivity index (χ3v) is 4.83. The Balaban J connectivity index is 2.00. The van der Waals surface area contributed by atoms with Gasteiger partial charge in [-0.25, -0.2) is 0 Å². The molecule has 0 aromatic heterocycles. The Morgan fingerprint density at radius 1 is 1.35 bits per heavy atom. The summed E-state index contributed by atoms with van der Waals surface area (Å²) in [6.45, 7) is 4.23. The number of aliphatic hydroxyl groups excluding tert-OH is 1. The van der Waals surface area contributed by atoms with E-state index in [4.69, 9.17) is 4.74 Å². The Hall–Kier alpha value is -1.10. The lowest BCUT2D eigenvalue weighted by molar-refractivity contribution is 0.00397. The van der Waals surface area contributed by atoms with Gasteiger partial charge in [0.1, 0.15) is 5.75 Å². The van der Waals surface area contributed by atoms with Crippen molar-refractivity contribution < 1.29 is 9.84 Å². The number of methoxy groups -OCH3 is 1. The van der Waals surface area contributed by atoms with Crippen LogP contribution in [-0.4, -0.2) is 49.9 Å². The highest BCUT2D eigenvalue weighted by atomic mass is 16.5. The lowest BCUT2D eigenvalue weighted by atomic mass is 9.75. The fourth-order valence-corrected chi connectivity index (χ4v) is 3.75. The molecule has 1 atom stereocenters. The summed E-state index contributed by atoms with van der Waals surface area (Å²) in [5.74, 6) is 0.915. The smallest absolute Gasteiger partial charge is 0.119 e. The number of nitrogens with zero attached hydrogens (tertiary/aromatic N) is 1. The second-order valence-corrected chi connectivity index (χ2v) is 5.80. The first-order valence-corrected chi connectivity index (χ1v) is 7.54. The van der Waals surface area contributed by atoms with Gasteiger partial charge in [0.25, 0.3) is 0 Å². The van der Waals surface area contributed by atoms with Crippen molar-refractivity contribution in [3.8, 4) is 5.75 Å². The van der Waals surface area contributed by atoms with E-state index in [1.165, 1.54) is 11.1 Å². The van der Waals surface area contributed by atoms with E-state index in [2.05, 4.69) is 22.3 Å². The molecular formula is C16H24N2O2. The van der Waals surface area contributed by atoms with Crippen LogP contribution in [0.25, 0.3) is 0 Å². The number of nitrogens with one attached hydrogen (secondary N) is 1. The molecule has 1 saturated heterocycles. The third-order valence-electron chi connectivity index (χ3n) is 4.83. The van der Waals surface area contributed by atoms with Crippen LogP contribution >= 0.6 is 0 Å². The van der Waals surface area contributed by atoms with Crippen LogP contribution in [-0.2, 0) is 12.0 Å². The normalized spacial score (nSPS) is 27.1. The molecule has 0 saturated carbocycles. The molecule has 1 aliphatic heterocycles. The molecular weight excluding hydrogens is 252 g/mol. The Labute approximate surface area is 120 Å². The number of benzene rings is 1. The molecule has 1 aliphatic carbocycles. The average Bonchev–Trinajstić information content (AvgIpc) is 2.54. The molecule has 1 fully saturated rings. The predicted molar refractivity (Wildman–Crippen MR) is 79.1 cm³/mol. The zero-order valence-electron chi connectivity index (χ0n) is 12.2. The summed E-state index contributed by atoms with van der Waals surface area (Å²) >= 11 is 0. The molecule has 0 amide bonds. The van der Waals surface area contributed by atoms with Crippen molar-refractivity contribution in [1.29, 1.82) is 0 Å². The molecule has 110 valence electrons. The molecule has 0 bridgehead atoms. The highest BCUT2D eigenvalue weighted by Gasteiger charge is 2.41. The van der Waals surface area contributed by atoms with Crippen LogP contribution in [0.15, 0.2) is 18.2 Å². The van der Waals surface area contributed by atoms with Crippen molar-refractivity contribution in [3.05, 3.63) is 29.3 Å². The van der Waals surface area contributed by atoms with Gasteiger partial charge in [-0.2, -0.15) is 0 Å². The van der Waals surface area contributed by atoms with E-state index in [-0.39, 0.29) is 12.1 Å². The number of hydrogen-bond acceptors (Lipinski definition) is 4. The number of aryl methyl sites for hydroxylation is 1. The summed E-state index contributed by atoms with van der Waals surface area (Å²) in [5, 5.41) is 13.6. The van der Waals surface area contributed by atoms with Gasteiger partial charge in [0.05, 0.1) is 19.3 Å². The molecule has 1 unspecified atom stereocenters. The molecule has 0 spiro atoms. The molecule has 3 rings (SSSR count). The van der Waals surface area contributed by atoms with Crippen molar-refractivity contribution in [3.63, 3.8) is 0 Å². The van der Waals surface area contributed by atoms with Crippen molar-refractivity contribution in [2.24, 2.45) is 0 Å². The van der Waals surface area contributed by atoms with Gasteiger partial charge in [0, 0.05) is 26.2 Å². The van der Waals surface area contributed by atoms with Crippen LogP contribution in [0.4, 0.5) is 0 Å². The first kappa shape index (κ1) is 13.9. The zero-order valence-corrected chi connectivity index (χ0v) is 12.2. The molecule has 2 N–H and O–H groups in total. The van der Waals surface area contributed by atoms with Crippen molar-refractivity contribution in [2.45, 2.75) is 24.8 Å². The Kier molecular flexibility index (Phi) is 3.96. The van der Waals surface area contributed by atoms with Gasteiger partial charge in [0.15, 0.2) is 0 Å². The Morgan fingerprint density at radius 2 is 2.15 bits per heavy atom. The summed E-state index contributed by atoms with van der Waals surface area (Å²) in [4.78, 5) is 2.47. The maximum absolute atomic E-state index is 10.2. The lowest BCUT2D eigenvalue weighted by Gasteiger charge is -2.48. The van der Waals surface area contributed by atoms with Crippen LogP contribution in [0, 0.1) is 0 Å². The summed E-state index contributed by atoms with van der Waals surface area (Å²) in [6, 6.07) is 6.32. The quantitative estimate of drug-likeness (QED) is 0.868. The summed E-state index contributed by atoms with van der Waals surface area (Å²) in [5.41, 5.74) is 2.44. The number of ether oxygens (including phenoxy) is 1. The zero-order chi connectivity index (χ0) is 14.0.